The molecule has 26 heavy (non-hydrogen) atoms. The van der Waals surface area contributed by atoms with E-state index in [4.69, 9.17) is 9.47 Å². The van der Waals surface area contributed by atoms with E-state index >= 15 is 0 Å². The van der Waals surface area contributed by atoms with Crippen LogP contribution in [0.1, 0.15) is 46.5 Å². The summed E-state index contributed by atoms with van der Waals surface area (Å²) in [6, 6.07) is 6.50. The minimum Gasteiger partial charge on any atom is -0.489 e. The number of para-hydroxylation sites is 1. The second-order valence-electron chi connectivity index (χ2n) is 7.71. The van der Waals surface area contributed by atoms with Gasteiger partial charge in [0.15, 0.2) is 11.6 Å². The Hall–Kier alpha value is -1.17. The number of hydrogen-bond donors (Lipinski definition) is 1. The zero-order chi connectivity index (χ0) is 19.4. The SMILES string of the molecule is COCCN(CCOc1ccccc1F)CCC(C)CCCC(C)(C)O. The average Bonchev–Trinajstić information content (AvgIpc) is 2.57. The maximum absolute atomic E-state index is 13.6. The third-order valence-corrected chi connectivity index (χ3v) is 4.54. The lowest BCUT2D eigenvalue weighted by Gasteiger charge is -2.24. The molecule has 0 amide bonds. The van der Waals surface area contributed by atoms with Crippen LogP contribution in [0.4, 0.5) is 4.39 Å². The quantitative estimate of drug-likeness (QED) is 0.536. The summed E-state index contributed by atoms with van der Waals surface area (Å²) in [6.07, 6.45) is 4.09. The fraction of sp³-hybridized carbons (Fsp3) is 0.714. The third kappa shape index (κ3) is 10.7. The van der Waals surface area contributed by atoms with Crippen molar-refractivity contribution < 1.29 is 19.0 Å². The normalized spacial score (nSPS) is 13.2. The van der Waals surface area contributed by atoms with Gasteiger partial charge in [-0.05, 0) is 51.3 Å². The Morgan fingerprint density at radius 2 is 1.81 bits per heavy atom. The summed E-state index contributed by atoms with van der Waals surface area (Å²) in [7, 11) is 1.70. The molecule has 150 valence electrons. The van der Waals surface area contributed by atoms with E-state index in [1.54, 1.807) is 25.3 Å². The molecule has 4 nitrogen and oxygen atoms in total. The molecule has 1 aromatic rings. The van der Waals surface area contributed by atoms with Gasteiger partial charge in [-0.1, -0.05) is 31.9 Å². The zero-order valence-corrected chi connectivity index (χ0v) is 16.8. The van der Waals surface area contributed by atoms with E-state index in [-0.39, 0.29) is 5.82 Å². The van der Waals surface area contributed by atoms with Crippen molar-refractivity contribution >= 4 is 0 Å². The highest BCUT2D eigenvalue weighted by molar-refractivity contribution is 5.23. The molecule has 1 rings (SSSR count). The van der Waals surface area contributed by atoms with Crippen LogP contribution in [0.25, 0.3) is 0 Å². The van der Waals surface area contributed by atoms with Crippen molar-refractivity contribution in [1.29, 1.82) is 0 Å². The van der Waals surface area contributed by atoms with Crippen molar-refractivity contribution in [2.24, 2.45) is 5.92 Å². The van der Waals surface area contributed by atoms with Crippen molar-refractivity contribution in [3.05, 3.63) is 30.1 Å². The van der Waals surface area contributed by atoms with E-state index in [0.29, 0.717) is 24.9 Å². The number of hydrogen-bond acceptors (Lipinski definition) is 4. The molecule has 0 saturated heterocycles. The number of benzene rings is 1. The zero-order valence-electron chi connectivity index (χ0n) is 16.8. The molecule has 5 heteroatoms. The van der Waals surface area contributed by atoms with Gasteiger partial charge in [-0.3, -0.25) is 4.90 Å². The first kappa shape index (κ1) is 22.9. The minimum absolute atomic E-state index is 0.305. The Labute approximate surface area is 158 Å². The average molecular weight is 370 g/mol. The first-order valence-corrected chi connectivity index (χ1v) is 9.63. The molecule has 0 aliphatic carbocycles. The maximum atomic E-state index is 13.6. The van der Waals surface area contributed by atoms with Crippen LogP contribution in [0.5, 0.6) is 5.75 Å². The van der Waals surface area contributed by atoms with Crippen LogP contribution < -0.4 is 4.74 Å². The molecule has 0 aliphatic heterocycles. The molecule has 0 aromatic heterocycles. The van der Waals surface area contributed by atoms with Gasteiger partial charge in [0.25, 0.3) is 0 Å². The summed E-state index contributed by atoms with van der Waals surface area (Å²) in [5.74, 6) is 0.588. The fourth-order valence-corrected chi connectivity index (χ4v) is 2.83. The van der Waals surface area contributed by atoms with Gasteiger partial charge in [0.1, 0.15) is 6.61 Å². The second-order valence-corrected chi connectivity index (χ2v) is 7.71. The lowest BCUT2D eigenvalue weighted by atomic mass is 9.95. The molecule has 0 aliphatic rings. The molecule has 0 heterocycles. The first-order valence-electron chi connectivity index (χ1n) is 9.63. The van der Waals surface area contributed by atoms with Crippen molar-refractivity contribution in [2.45, 2.75) is 52.1 Å². The molecular formula is C21H36FNO3. The van der Waals surface area contributed by atoms with Gasteiger partial charge >= 0.3 is 0 Å². The van der Waals surface area contributed by atoms with Crippen molar-refractivity contribution in [3.8, 4) is 5.75 Å². The molecule has 1 atom stereocenters. The van der Waals surface area contributed by atoms with Crippen molar-refractivity contribution in [2.75, 3.05) is 40.0 Å². The summed E-state index contributed by atoms with van der Waals surface area (Å²) in [5, 5.41) is 9.79. The van der Waals surface area contributed by atoms with Gasteiger partial charge in [0.2, 0.25) is 0 Å². The number of methoxy groups -OCH3 is 1. The highest BCUT2D eigenvalue weighted by Gasteiger charge is 2.14. The topological polar surface area (TPSA) is 41.9 Å². The standard InChI is InChI=1S/C21H36FNO3/c1-18(8-7-12-21(2,3)24)11-13-23(14-16-25-4)15-17-26-20-10-6-5-9-19(20)22/h5-6,9-10,18,24H,7-8,11-17H2,1-4H3. The van der Waals surface area contributed by atoms with Crippen molar-refractivity contribution in [3.63, 3.8) is 0 Å². The van der Waals surface area contributed by atoms with Crippen molar-refractivity contribution in [1.82, 2.24) is 4.90 Å². The van der Waals surface area contributed by atoms with E-state index in [2.05, 4.69) is 11.8 Å². The molecule has 0 spiro atoms. The Morgan fingerprint density at radius 1 is 1.12 bits per heavy atom. The summed E-state index contributed by atoms with van der Waals surface area (Å²) in [6.45, 7) is 9.66. The van der Waals surface area contributed by atoms with Crippen LogP contribution in [0.15, 0.2) is 24.3 Å². The highest BCUT2D eigenvalue weighted by atomic mass is 19.1. The number of rotatable bonds is 14. The maximum Gasteiger partial charge on any atom is 0.165 e. The Bertz CT molecular complexity index is 490. The summed E-state index contributed by atoms with van der Waals surface area (Å²) in [4.78, 5) is 2.30. The fourth-order valence-electron chi connectivity index (χ4n) is 2.83. The summed E-state index contributed by atoms with van der Waals surface area (Å²) >= 11 is 0. The van der Waals surface area contributed by atoms with Crippen LogP contribution in [-0.4, -0.2) is 55.6 Å². The number of aliphatic hydroxyl groups is 1. The predicted molar refractivity (Wildman–Crippen MR) is 104 cm³/mol. The molecule has 1 aromatic carbocycles. The summed E-state index contributed by atoms with van der Waals surface area (Å²) in [5.41, 5.74) is -0.575. The van der Waals surface area contributed by atoms with Gasteiger partial charge in [-0.15, -0.1) is 0 Å². The molecule has 0 saturated carbocycles. The Balaban J connectivity index is 2.32. The first-order chi connectivity index (χ1) is 12.3. The monoisotopic (exact) mass is 369 g/mol. The Kier molecular flexibility index (Phi) is 10.8. The predicted octanol–water partition coefficient (Wildman–Crippen LogP) is 4.12. The van der Waals surface area contributed by atoms with Crippen LogP contribution >= 0.6 is 0 Å². The van der Waals surface area contributed by atoms with Gasteiger partial charge in [-0.25, -0.2) is 4.39 Å². The van der Waals surface area contributed by atoms with Gasteiger partial charge in [0.05, 0.1) is 12.2 Å². The number of halogens is 1. The van der Waals surface area contributed by atoms with Gasteiger partial charge < -0.3 is 14.6 Å². The highest BCUT2D eigenvalue weighted by Crippen LogP contribution is 2.18. The van der Waals surface area contributed by atoms with E-state index in [1.807, 2.05) is 13.8 Å². The molecule has 0 bridgehead atoms. The van der Waals surface area contributed by atoms with Crippen LogP contribution in [0, 0.1) is 11.7 Å². The van der Waals surface area contributed by atoms with Crippen LogP contribution in [0.3, 0.4) is 0 Å². The van der Waals surface area contributed by atoms with E-state index in [9.17, 15) is 9.50 Å². The van der Waals surface area contributed by atoms with Crippen LogP contribution in [-0.2, 0) is 4.74 Å². The smallest absolute Gasteiger partial charge is 0.165 e. The lowest BCUT2D eigenvalue weighted by Crippen LogP contribution is -2.33. The third-order valence-electron chi connectivity index (χ3n) is 4.54. The number of nitrogens with zero attached hydrogens (tertiary/aromatic N) is 1. The van der Waals surface area contributed by atoms with Crippen LogP contribution in [0.2, 0.25) is 0 Å². The Morgan fingerprint density at radius 3 is 2.46 bits per heavy atom. The number of ether oxygens (including phenoxy) is 2. The largest absolute Gasteiger partial charge is 0.489 e. The summed E-state index contributed by atoms with van der Waals surface area (Å²) < 4.78 is 24.4. The lowest BCUT2D eigenvalue weighted by molar-refractivity contribution is 0.0665. The van der Waals surface area contributed by atoms with E-state index in [0.717, 1.165) is 45.3 Å². The second kappa shape index (κ2) is 12.3. The molecule has 1 N–H and O–H groups in total. The molecule has 0 fully saturated rings. The van der Waals surface area contributed by atoms with E-state index in [1.165, 1.54) is 6.07 Å². The molecular weight excluding hydrogens is 333 g/mol. The molecule has 1 unspecified atom stereocenters. The van der Waals surface area contributed by atoms with E-state index < -0.39 is 5.60 Å². The van der Waals surface area contributed by atoms with Gasteiger partial charge in [0, 0.05) is 20.2 Å². The minimum atomic E-state index is -0.575. The van der Waals surface area contributed by atoms with Gasteiger partial charge in [-0.2, -0.15) is 0 Å². The molecule has 0 radical (unpaired) electrons.